The molecule has 0 radical (unpaired) electrons. The van der Waals surface area contributed by atoms with Crippen molar-refractivity contribution in [2.45, 2.75) is 63.8 Å². The minimum Gasteiger partial charge on any atom is -0.353 e. The Hall–Kier alpha value is -1.91. The molecule has 0 aromatic heterocycles. The van der Waals surface area contributed by atoms with Crippen LogP contribution in [0.2, 0.25) is 0 Å². The lowest BCUT2D eigenvalue weighted by Crippen LogP contribution is -2.39. The highest BCUT2D eigenvalue weighted by Crippen LogP contribution is 2.24. The molecule has 1 saturated heterocycles. The third-order valence-corrected chi connectivity index (χ3v) is 5.76. The molecule has 142 valence electrons. The quantitative estimate of drug-likeness (QED) is 0.865. The summed E-state index contributed by atoms with van der Waals surface area (Å²) in [6.07, 6.45) is 9.18. The van der Waals surface area contributed by atoms with Gasteiger partial charge < -0.3 is 10.2 Å². The maximum absolute atomic E-state index is 13.8. The Kier molecular flexibility index (Phi) is 6.64. The zero-order chi connectivity index (χ0) is 18.4. The topological polar surface area (TPSA) is 49.4 Å². The van der Waals surface area contributed by atoms with Crippen LogP contribution in [0.1, 0.15) is 68.1 Å². The molecule has 2 aliphatic rings. The van der Waals surface area contributed by atoms with Crippen LogP contribution in [-0.2, 0) is 4.79 Å². The van der Waals surface area contributed by atoms with E-state index < -0.39 is 5.82 Å². The predicted octanol–water partition coefficient (Wildman–Crippen LogP) is 3.91. The van der Waals surface area contributed by atoms with Crippen LogP contribution in [0.15, 0.2) is 24.3 Å². The largest absolute Gasteiger partial charge is 0.353 e. The number of piperidine rings is 1. The average Bonchev–Trinajstić information content (AvgIpc) is 2.67. The van der Waals surface area contributed by atoms with E-state index in [2.05, 4.69) is 5.32 Å². The summed E-state index contributed by atoms with van der Waals surface area (Å²) in [4.78, 5) is 26.3. The van der Waals surface area contributed by atoms with Crippen LogP contribution in [0.3, 0.4) is 0 Å². The molecule has 1 saturated carbocycles. The molecule has 1 aromatic rings. The summed E-state index contributed by atoms with van der Waals surface area (Å²) >= 11 is 0. The minimum atomic E-state index is -0.459. The molecule has 1 aliphatic carbocycles. The van der Waals surface area contributed by atoms with Gasteiger partial charge in [-0.25, -0.2) is 4.39 Å². The van der Waals surface area contributed by atoms with Crippen molar-refractivity contribution in [1.82, 2.24) is 10.2 Å². The summed E-state index contributed by atoms with van der Waals surface area (Å²) in [6.45, 7) is 1.28. The molecule has 5 heteroatoms. The smallest absolute Gasteiger partial charge is 0.256 e. The van der Waals surface area contributed by atoms with Crippen molar-refractivity contribution < 1.29 is 14.0 Å². The third-order valence-electron chi connectivity index (χ3n) is 5.76. The molecule has 2 amide bonds. The zero-order valence-electron chi connectivity index (χ0n) is 15.4. The SMILES string of the molecule is O=C(CCC1CCN(C(=O)c2ccccc2F)CC1)NC1CCCCC1. The van der Waals surface area contributed by atoms with Crippen molar-refractivity contribution in [3.8, 4) is 0 Å². The zero-order valence-corrected chi connectivity index (χ0v) is 15.4. The van der Waals surface area contributed by atoms with Crippen LogP contribution in [0, 0.1) is 11.7 Å². The predicted molar refractivity (Wildman–Crippen MR) is 99.3 cm³/mol. The summed E-state index contributed by atoms with van der Waals surface area (Å²) in [6, 6.07) is 6.52. The standard InChI is InChI=1S/C21H29FN2O2/c22-19-9-5-4-8-18(19)21(26)24-14-12-16(13-15-24)10-11-20(25)23-17-6-2-1-3-7-17/h4-5,8-9,16-17H,1-3,6-7,10-15H2,(H,23,25). The van der Waals surface area contributed by atoms with Crippen molar-refractivity contribution >= 4 is 11.8 Å². The Morgan fingerprint density at radius 1 is 1.04 bits per heavy atom. The number of halogens is 1. The number of nitrogens with zero attached hydrogens (tertiary/aromatic N) is 1. The van der Waals surface area contributed by atoms with Crippen LogP contribution < -0.4 is 5.32 Å². The fourth-order valence-electron chi connectivity index (χ4n) is 4.11. The van der Waals surface area contributed by atoms with Gasteiger partial charge in [0.05, 0.1) is 5.56 Å². The minimum absolute atomic E-state index is 0.151. The van der Waals surface area contributed by atoms with Crippen LogP contribution in [0.5, 0.6) is 0 Å². The monoisotopic (exact) mass is 360 g/mol. The van der Waals surface area contributed by atoms with E-state index in [0.717, 1.165) is 32.1 Å². The first-order valence-corrected chi connectivity index (χ1v) is 9.96. The normalized spacial score (nSPS) is 19.3. The molecule has 0 spiro atoms. The van der Waals surface area contributed by atoms with Crippen molar-refractivity contribution in [2.24, 2.45) is 5.92 Å². The summed E-state index contributed by atoms with van der Waals surface area (Å²) < 4.78 is 13.8. The molecule has 0 atom stereocenters. The van der Waals surface area contributed by atoms with Gasteiger partial charge >= 0.3 is 0 Å². The maximum Gasteiger partial charge on any atom is 0.256 e. The third kappa shape index (κ3) is 5.05. The lowest BCUT2D eigenvalue weighted by molar-refractivity contribution is -0.122. The Bertz CT molecular complexity index is 620. The van der Waals surface area contributed by atoms with Gasteiger partial charge in [0.2, 0.25) is 5.91 Å². The van der Waals surface area contributed by atoms with Gasteiger partial charge in [-0.05, 0) is 50.2 Å². The van der Waals surface area contributed by atoms with Crippen molar-refractivity contribution in [1.29, 1.82) is 0 Å². The Morgan fingerprint density at radius 2 is 1.73 bits per heavy atom. The molecule has 1 N–H and O–H groups in total. The molecule has 26 heavy (non-hydrogen) atoms. The second-order valence-corrected chi connectivity index (χ2v) is 7.66. The van der Waals surface area contributed by atoms with Gasteiger partial charge in [0, 0.05) is 25.6 Å². The second kappa shape index (κ2) is 9.15. The van der Waals surface area contributed by atoms with Crippen molar-refractivity contribution in [3.05, 3.63) is 35.6 Å². The first-order chi connectivity index (χ1) is 12.6. The van der Waals surface area contributed by atoms with E-state index in [1.165, 1.54) is 25.3 Å². The number of benzene rings is 1. The van der Waals surface area contributed by atoms with E-state index >= 15 is 0 Å². The van der Waals surface area contributed by atoms with E-state index in [4.69, 9.17) is 0 Å². The van der Waals surface area contributed by atoms with Gasteiger partial charge in [0.25, 0.3) is 5.91 Å². The van der Waals surface area contributed by atoms with E-state index in [9.17, 15) is 14.0 Å². The number of rotatable bonds is 5. The van der Waals surface area contributed by atoms with E-state index in [1.807, 2.05) is 0 Å². The molecular weight excluding hydrogens is 331 g/mol. The van der Waals surface area contributed by atoms with Gasteiger partial charge in [-0.15, -0.1) is 0 Å². The molecule has 1 aromatic carbocycles. The lowest BCUT2D eigenvalue weighted by atomic mass is 9.91. The van der Waals surface area contributed by atoms with Crippen LogP contribution in [0.4, 0.5) is 4.39 Å². The summed E-state index contributed by atoms with van der Waals surface area (Å²) in [5.41, 5.74) is 0.151. The van der Waals surface area contributed by atoms with Gasteiger partial charge in [0.1, 0.15) is 5.82 Å². The summed E-state index contributed by atoms with van der Waals surface area (Å²) in [7, 11) is 0. The van der Waals surface area contributed by atoms with Crippen LogP contribution in [0.25, 0.3) is 0 Å². The Labute approximate surface area is 155 Å². The van der Waals surface area contributed by atoms with Crippen molar-refractivity contribution in [2.75, 3.05) is 13.1 Å². The van der Waals surface area contributed by atoms with Gasteiger partial charge in [-0.2, -0.15) is 0 Å². The van der Waals surface area contributed by atoms with Crippen LogP contribution >= 0.6 is 0 Å². The number of hydrogen-bond acceptors (Lipinski definition) is 2. The number of carbonyl (C=O) groups excluding carboxylic acids is 2. The Balaban J connectivity index is 1.39. The van der Waals surface area contributed by atoms with Gasteiger partial charge in [-0.1, -0.05) is 31.4 Å². The molecule has 2 fully saturated rings. The van der Waals surface area contributed by atoms with E-state index in [-0.39, 0.29) is 17.4 Å². The molecule has 4 nitrogen and oxygen atoms in total. The second-order valence-electron chi connectivity index (χ2n) is 7.66. The van der Waals surface area contributed by atoms with Crippen molar-refractivity contribution in [3.63, 3.8) is 0 Å². The average molecular weight is 360 g/mol. The van der Waals surface area contributed by atoms with Crippen LogP contribution in [-0.4, -0.2) is 35.8 Å². The number of amides is 2. The molecule has 3 rings (SSSR count). The molecule has 1 heterocycles. The number of carbonyl (C=O) groups is 2. The van der Waals surface area contributed by atoms with E-state index in [0.29, 0.717) is 31.5 Å². The molecule has 0 bridgehead atoms. The number of hydrogen-bond donors (Lipinski definition) is 1. The fourth-order valence-corrected chi connectivity index (χ4v) is 4.11. The first-order valence-electron chi connectivity index (χ1n) is 9.96. The summed E-state index contributed by atoms with van der Waals surface area (Å²) in [5, 5.41) is 3.17. The number of likely N-dealkylation sites (tertiary alicyclic amines) is 1. The van der Waals surface area contributed by atoms with Gasteiger partial charge in [0.15, 0.2) is 0 Å². The highest BCUT2D eigenvalue weighted by Gasteiger charge is 2.25. The fraction of sp³-hybridized carbons (Fsp3) is 0.619. The molecular formula is C21H29FN2O2. The summed E-state index contributed by atoms with van der Waals surface area (Å²) in [5.74, 6) is -0.0471. The maximum atomic E-state index is 13.8. The molecule has 0 unspecified atom stereocenters. The van der Waals surface area contributed by atoms with Gasteiger partial charge in [-0.3, -0.25) is 9.59 Å². The number of nitrogens with one attached hydrogen (secondary N) is 1. The van der Waals surface area contributed by atoms with E-state index in [1.54, 1.807) is 23.1 Å². The Morgan fingerprint density at radius 3 is 2.42 bits per heavy atom. The first kappa shape index (κ1) is 18.9. The highest BCUT2D eigenvalue weighted by atomic mass is 19.1. The highest BCUT2D eigenvalue weighted by molar-refractivity contribution is 5.94. The lowest BCUT2D eigenvalue weighted by Gasteiger charge is -2.32. The molecule has 1 aliphatic heterocycles.